The molecule has 0 aromatic heterocycles. The highest BCUT2D eigenvalue weighted by molar-refractivity contribution is 4.86. The van der Waals surface area contributed by atoms with Gasteiger partial charge < -0.3 is 19.8 Å². The van der Waals surface area contributed by atoms with E-state index >= 15 is 0 Å². The van der Waals surface area contributed by atoms with Gasteiger partial charge in [0.05, 0.1) is 0 Å². The molecule has 98 valence electrons. The van der Waals surface area contributed by atoms with Crippen molar-refractivity contribution < 1.29 is 5.11 Å². The van der Waals surface area contributed by atoms with Crippen LogP contribution >= 0.6 is 0 Å². The molecule has 0 heterocycles. The van der Waals surface area contributed by atoms with Crippen molar-refractivity contribution in [3.8, 4) is 0 Å². The van der Waals surface area contributed by atoms with Gasteiger partial charge in [0.15, 0.2) is 0 Å². The van der Waals surface area contributed by atoms with Crippen LogP contribution in [-0.4, -0.2) is 88.3 Å². The zero-order chi connectivity index (χ0) is 12.8. The van der Waals surface area contributed by atoms with Crippen LogP contribution in [0.1, 0.15) is 6.42 Å². The summed E-state index contributed by atoms with van der Waals surface area (Å²) in [6, 6.07) is 0. The minimum Gasteiger partial charge on any atom is -0.396 e. The molecule has 0 aromatic rings. The maximum absolute atomic E-state index is 9.29. The second-order valence-corrected chi connectivity index (χ2v) is 5.69. The summed E-state index contributed by atoms with van der Waals surface area (Å²) in [7, 11) is 12.6. The minimum atomic E-state index is 0.144. The van der Waals surface area contributed by atoms with E-state index in [9.17, 15) is 5.11 Å². The van der Waals surface area contributed by atoms with Crippen LogP contribution in [0.25, 0.3) is 0 Å². The molecule has 0 saturated carbocycles. The first-order valence-electron chi connectivity index (χ1n) is 5.86. The van der Waals surface area contributed by atoms with Gasteiger partial charge >= 0.3 is 0 Å². The van der Waals surface area contributed by atoms with Gasteiger partial charge in [0.25, 0.3) is 0 Å². The third kappa shape index (κ3) is 6.43. The normalized spacial score (nSPS) is 13.1. The summed E-state index contributed by atoms with van der Waals surface area (Å²) in [5.41, 5.74) is 0.144. The number of aliphatic hydroxyl groups is 1. The van der Waals surface area contributed by atoms with E-state index in [1.165, 1.54) is 0 Å². The summed E-state index contributed by atoms with van der Waals surface area (Å²) in [6.07, 6.45) is 0.849. The molecule has 4 nitrogen and oxygen atoms in total. The molecule has 1 N–H and O–H groups in total. The Morgan fingerprint density at radius 1 is 0.750 bits per heavy atom. The molecule has 4 heteroatoms. The maximum Gasteiger partial charge on any atom is 0.0437 e. The van der Waals surface area contributed by atoms with Gasteiger partial charge in [-0.15, -0.1) is 0 Å². The van der Waals surface area contributed by atoms with Crippen LogP contribution in [0.5, 0.6) is 0 Å². The number of nitrogens with zero attached hydrogens (tertiary/aromatic N) is 3. The molecule has 16 heavy (non-hydrogen) atoms. The Kier molecular flexibility index (Phi) is 7.15. The summed E-state index contributed by atoms with van der Waals surface area (Å²) < 4.78 is 0. The molecule has 0 aliphatic heterocycles. The highest BCUT2D eigenvalue weighted by Crippen LogP contribution is 2.24. The smallest absolute Gasteiger partial charge is 0.0437 e. The molecule has 0 bridgehead atoms. The van der Waals surface area contributed by atoms with Crippen LogP contribution in [0.4, 0.5) is 0 Å². The van der Waals surface area contributed by atoms with Crippen LogP contribution in [0.3, 0.4) is 0 Å². The van der Waals surface area contributed by atoms with E-state index in [0.29, 0.717) is 0 Å². The summed E-state index contributed by atoms with van der Waals surface area (Å²) in [4.78, 5) is 6.63. The molecule has 0 aliphatic carbocycles. The van der Waals surface area contributed by atoms with Crippen molar-refractivity contribution in [2.75, 3.05) is 68.5 Å². The first-order chi connectivity index (χ1) is 7.31. The first-order valence-corrected chi connectivity index (χ1v) is 5.86. The topological polar surface area (TPSA) is 30.0 Å². The van der Waals surface area contributed by atoms with Crippen molar-refractivity contribution in [1.82, 2.24) is 14.7 Å². The van der Waals surface area contributed by atoms with Crippen molar-refractivity contribution in [2.24, 2.45) is 5.41 Å². The molecule has 0 fully saturated rings. The van der Waals surface area contributed by atoms with E-state index in [0.717, 1.165) is 26.1 Å². The van der Waals surface area contributed by atoms with Crippen molar-refractivity contribution in [1.29, 1.82) is 0 Å². The Hall–Kier alpha value is -0.160. The van der Waals surface area contributed by atoms with Crippen LogP contribution in [0, 0.1) is 5.41 Å². The SMILES string of the molecule is CN(C)CC(CCO)(CN(C)C)CN(C)C. The van der Waals surface area contributed by atoms with E-state index < -0.39 is 0 Å². The zero-order valence-corrected chi connectivity index (χ0v) is 11.8. The largest absolute Gasteiger partial charge is 0.396 e. The second-order valence-electron chi connectivity index (χ2n) is 5.69. The summed E-state index contributed by atoms with van der Waals surface area (Å²) in [6.45, 7) is 3.27. The molecule has 0 saturated heterocycles. The highest BCUT2D eigenvalue weighted by atomic mass is 16.3. The van der Waals surface area contributed by atoms with Crippen molar-refractivity contribution in [3.05, 3.63) is 0 Å². The standard InChI is InChI=1S/C12H29N3O/c1-13(2)9-12(7-8-16,10-14(3)4)11-15(5)6/h16H,7-11H2,1-6H3. The van der Waals surface area contributed by atoms with Gasteiger partial charge in [-0.05, 0) is 48.7 Å². The number of aliphatic hydroxyl groups excluding tert-OH is 1. The fraction of sp³-hybridized carbons (Fsp3) is 1.00. The number of rotatable bonds is 8. The fourth-order valence-corrected chi connectivity index (χ4v) is 2.64. The second kappa shape index (κ2) is 7.22. The van der Waals surface area contributed by atoms with E-state index in [2.05, 4.69) is 57.0 Å². The highest BCUT2D eigenvalue weighted by Gasteiger charge is 2.31. The molecule has 0 radical (unpaired) electrons. The Labute approximate surface area is 101 Å². The predicted octanol–water partition coefficient (Wildman–Crippen LogP) is 0.0400. The van der Waals surface area contributed by atoms with Gasteiger partial charge in [-0.25, -0.2) is 0 Å². The van der Waals surface area contributed by atoms with E-state index in [4.69, 9.17) is 0 Å². The van der Waals surface area contributed by atoms with Gasteiger partial charge in [0, 0.05) is 31.7 Å². The Balaban J connectivity index is 4.72. The molecule has 0 aliphatic rings. The molecule has 0 unspecified atom stereocenters. The summed E-state index contributed by atoms with van der Waals surface area (Å²) >= 11 is 0. The Bertz CT molecular complexity index is 155. The Morgan fingerprint density at radius 2 is 1.06 bits per heavy atom. The van der Waals surface area contributed by atoms with Crippen molar-refractivity contribution in [3.63, 3.8) is 0 Å². The zero-order valence-electron chi connectivity index (χ0n) is 11.8. The van der Waals surface area contributed by atoms with E-state index in [1.807, 2.05) is 0 Å². The lowest BCUT2D eigenvalue weighted by molar-refractivity contribution is 0.0750. The van der Waals surface area contributed by atoms with Gasteiger partial charge in [0.2, 0.25) is 0 Å². The Morgan fingerprint density at radius 3 is 1.25 bits per heavy atom. The maximum atomic E-state index is 9.29. The molecule has 0 spiro atoms. The van der Waals surface area contributed by atoms with Crippen LogP contribution in [-0.2, 0) is 0 Å². The minimum absolute atomic E-state index is 0.144. The van der Waals surface area contributed by atoms with Crippen molar-refractivity contribution >= 4 is 0 Å². The summed E-state index contributed by atoms with van der Waals surface area (Å²) in [5.74, 6) is 0. The lowest BCUT2D eigenvalue weighted by Gasteiger charge is -2.40. The average Bonchev–Trinajstić information content (AvgIpc) is 1.98. The number of hydrogen-bond acceptors (Lipinski definition) is 4. The first kappa shape index (κ1) is 15.8. The van der Waals surface area contributed by atoms with Crippen molar-refractivity contribution in [2.45, 2.75) is 6.42 Å². The monoisotopic (exact) mass is 231 g/mol. The third-order valence-electron chi connectivity index (χ3n) is 2.60. The predicted molar refractivity (Wildman–Crippen MR) is 69.8 cm³/mol. The average molecular weight is 231 g/mol. The fourth-order valence-electron chi connectivity index (χ4n) is 2.64. The molecule has 0 amide bonds. The lowest BCUT2D eigenvalue weighted by Crippen LogP contribution is -2.48. The van der Waals surface area contributed by atoms with Crippen LogP contribution in [0.2, 0.25) is 0 Å². The third-order valence-corrected chi connectivity index (χ3v) is 2.60. The van der Waals surface area contributed by atoms with Crippen LogP contribution < -0.4 is 0 Å². The van der Waals surface area contributed by atoms with Gasteiger partial charge in [0.1, 0.15) is 0 Å². The summed E-state index contributed by atoms with van der Waals surface area (Å²) in [5, 5.41) is 9.29. The van der Waals surface area contributed by atoms with E-state index in [1.54, 1.807) is 0 Å². The number of hydrogen-bond donors (Lipinski definition) is 1. The molecule has 0 atom stereocenters. The molecular formula is C12H29N3O. The van der Waals surface area contributed by atoms with Crippen LogP contribution in [0.15, 0.2) is 0 Å². The molecule has 0 rings (SSSR count). The van der Waals surface area contributed by atoms with Gasteiger partial charge in [-0.3, -0.25) is 0 Å². The lowest BCUT2D eigenvalue weighted by atomic mass is 9.83. The van der Waals surface area contributed by atoms with E-state index in [-0.39, 0.29) is 12.0 Å². The molecule has 0 aromatic carbocycles. The van der Waals surface area contributed by atoms with Gasteiger partial charge in [-0.1, -0.05) is 0 Å². The van der Waals surface area contributed by atoms with Gasteiger partial charge in [-0.2, -0.15) is 0 Å². The molecular weight excluding hydrogens is 202 g/mol. The quantitative estimate of drug-likeness (QED) is 0.639.